The Balaban J connectivity index is 1.89. The Bertz CT molecular complexity index is 658. The van der Waals surface area contributed by atoms with E-state index in [9.17, 15) is 9.18 Å². The quantitative estimate of drug-likeness (QED) is 0.871. The Morgan fingerprint density at radius 2 is 1.91 bits per heavy atom. The summed E-state index contributed by atoms with van der Waals surface area (Å²) in [6.45, 7) is 2.90. The predicted octanol–water partition coefficient (Wildman–Crippen LogP) is 2.44. The number of hydrogen-bond acceptors (Lipinski definition) is 1. The molecule has 22 heavy (non-hydrogen) atoms. The fraction of sp³-hybridized carbons (Fsp3) is 0.235. The fourth-order valence-corrected chi connectivity index (χ4v) is 2.49. The maximum absolute atomic E-state index is 12.9. The molecule has 2 rings (SSSR count). The molecule has 0 radical (unpaired) electrons. The Morgan fingerprint density at radius 3 is 2.55 bits per heavy atom. The average Bonchev–Trinajstić information content (AvgIpc) is 2.44. The van der Waals surface area contributed by atoms with E-state index in [1.165, 1.54) is 12.1 Å². The first-order valence-electron chi connectivity index (χ1n) is 7.06. The van der Waals surface area contributed by atoms with E-state index in [0.29, 0.717) is 23.8 Å². The summed E-state index contributed by atoms with van der Waals surface area (Å²) in [5.41, 5.74) is 2.65. The molecule has 0 bridgehead atoms. The maximum atomic E-state index is 12.9. The highest BCUT2D eigenvalue weighted by molar-refractivity contribution is 6.33. The molecule has 0 saturated carbocycles. The lowest BCUT2D eigenvalue weighted by Gasteiger charge is -2.14. The Kier molecular flexibility index (Phi) is 5.52. The van der Waals surface area contributed by atoms with E-state index < -0.39 is 0 Å². The summed E-state index contributed by atoms with van der Waals surface area (Å²) in [5, 5.41) is 3.34. The predicted molar refractivity (Wildman–Crippen MR) is 86.7 cm³/mol. The number of anilines is 1. The van der Waals surface area contributed by atoms with E-state index in [-0.39, 0.29) is 11.7 Å². The summed E-state index contributed by atoms with van der Waals surface area (Å²) in [5.74, 6) is -0.362. The minimum atomic E-state index is -0.256. The normalized spacial score (nSPS) is 12.0. The zero-order chi connectivity index (χ0) is 16.1. The van der Waals surface area contributed by atoms with Gasteiger partial charge in [0.1, 0.15) is 12.4 Å². The van der Waals surface area contributed by atoms with Crippen LogP contribution in [-0.4, -0.2) is 19.5 Å². The van der Waals surface area contributed by atoms with Gasteiger partial charge in [-0.3, -0.25) is 4.79 Å². The first-order valence-corrected chi connectivity index (χ1v) is 7.43. The van der Waals surface area contributed by atoms with Crippen molar-refractivity contribution < 1.29 is 14.1 Å². The Labute approximate surface area is 134 Å². The van der Waals surface area contributed by atoms with E-state index in [4.69, 9.17) is 11.6 Å². The average molecular weight is 322 g/mol. The molecule has 0 aliphatic carbocycles. The van der Waals surface area contributed by atoms with Crippen LogP contribution in [0.2, 0.25) is 5.02 Å². The lowest BCUT2D eigenvalue weighted by molar-refractivity contribution is -0.885. The third-order valence-electron chi connectivity index (χ3n) is 3.28. The molecule has 5 heteroatoms. The van der Waals surface area contributed by atoms with Crippen LogP contribution in [-0.2, 0) is 11.3 Å². The van der Waals surface area contributed by atoms with Crippen LogP contribution in [0.3, 0.4) is 0 Å². The van der Waals surface area contributed by atoms with Gasteiger partial charge in [-0.25, -0.2) is 4.39 Å². The molecule has 1 amide bonds. The second-order valence-electron chi connectivity index (χ2n) is 5.47. The molecule has 1 unspecified atom stereocenters. The molecule has 1 atom stereocenters. The van der Waals surface area contributed by atoms with E-state index in [1.54, 1.807) is 18.2 Å². The van der Waals surface area contributed by atoms with E-state index >= 15 is 0 Å². The fourth-order valence-electron chi connectivity index (χ4n) is 2.20. The molecule has 0 fully saturated rings. The van der Waals surface area contributed by atoms with Crippen LogP contribution in [0.1, 0.15) is 11.1 Å². The van der Waals surface area contributed by atoms with Crippen LogP contribution in [0.5, 0.6) is 0 Å². The molecule has 0 heterocycles. The molecule has 0 spiro atoms. The first-order chi connectivity index (χ1) is 10.4. The van der Waals surface area contributed by atoms with Crippen molar-refractivity contribution in [2.75, 3.05) is 18.9 Å². The second kappa shape index (κ2) is 7.38. The Morgan fingerprint density at radius 1 is 1.23 bits per heavy atom. The van der Waals surface area contributed by atoms with Crippen molar-refractivity contribution in [2.45, 2.75) is 13.5 Å². The molecule has 2 aromatic rings. The van der Waals surface area contributed by atoms with Gasteiger partial charge in [0.25, 0.3) is 5.91 Å². The smallest absolute Gasteiger partial charge is 0.279 e. The van der Waals surface area contributed by atoms with Gasteiger partial charge in [0.2, 0.25) is 0 Å². The largest absolute Gasteiger partial charge is 0.326 e. The zero-order valence-corrected chi connectivity index (χ0v) is 13.4. The number of benzene rings is 2. The Hall–Kier alpha value is -1.91. The van der Waals surface area contributed by atoms with Crippen LogP contribution >= 0.6 is 11.6 Å². The summed E-state index contributed by atoms with van der Waals surface area (Å²) in [4.78, 5) is 13.1. The monoisotopic (exact) mass is 321 g/mol. The molecule has 0 aromatic heterocycles. The molecule has 0 saturated heterocycles. The van der Waals surface area contributed by atoms with Gasteiger partial charge in [-0.15, -0.1) is 0 Å². The van der Waals surface area contributed by atoms with E-state index in [1.807, 2.05) is 26.1 Å². The number of likely N-dealkylation sites (N-methyl/N-ethyl adjacent to an activating group) is 1. The highest BCUT2D eigenvalue weighted by Crippen LogP contribution is 2.22. The van der Waals surface area contributed by atoms with Crippen LogP contribution in [0, 0.1) is 12.7 Å². The molecule has 0 aliphatic rings. The molecular formula is C17H19ClFN2O+. The molecule has 3 nitrogen and oxygen atoms in total. The minimum absolute atomic E-state index is 0.106. The topological polar surface area (TPSA) is 33.5 Å². The molecule has 2 N–H and O–H groups in total. The van der Waals surface area contributed by atoms with Gasteiger partial charge in [-0.1, -0.05) is 29.8 Å². The third kappa shape index (κ3) is 4.83. The van der Waals surface area contributed by atoms with Gasteiger partial charge in [-0.05, 0) is 36.8 Å². The van der Waals surface area contributed by atoms with Crippen molar-refractivity contribution in [3.05, 3.63) is 64.4 Å². The van der Waals surface area contributed by atoms with E-state index in [2.05, 4.69) is 5.32 Å². The van der Waals surface area contributed by atoms with Gasteiger partial charge in [0.15, 0.2) is 6.54 Å². The summed E-state index contributed by atoms with van der Waals surface area (Å²) in [7, 11) is 1.92. The number of aryl methyl sites for hydroxylation is 1. The van der Waals surface area contributed by atoms with Gasteiger partial charge in [0, 0.05) is 5.56 Å². The van der Waals surface area contributed by atoms with Crippen LogP contribution in [0.15, 0.2) is 42.5 Å². The summed E-state index contributed by atoms with van der Waals surface area (Å²) >= 11 is 6.10. The number of nitrogens with one attached hydrogen (secondary N) is 2. The highest BCUT2D eigenvalue weighted by atomic mass is 35.5. The minimum Gasteiger partial charge on any atom is -0.326 e. The number of quaternary nitrogens is 1. The lowest BCUT2D eigenvalue weighted by Crippen LogP contribution is -3.08. The van der Waals surface area contributed by atoms with Crippen LogP contribution in [0.4, 0.5) is 10.1 Å². The second-order valence-corrected chi connectivity index (χ2v) is 5.88. The van der Waals surface area contributed by atoms with Crippen LogP contribution in [0.25, 0.3) is 0 Å². The number of amides is 1. The first kappa shape index (κ1) is 16.5. The molecule has 2 aromatic carbocycles. The van der Waals surface area contributed by atoms with Crippen molar-refractivity contribution in [1.82, 2.24) is 0 Å². The lowest BCUT2D eigenvalue weighted by atomic mass is 10.2. The van der Waals surface area contributed by atoms with Crippen molar-refractivity contribution in [3.63, 3.8) is 0 Å². The van der Waals surface area contributed by atoms with Crippen LogP contribution < -0.4 is 10.2 Å². The number of carbonyl (C=O) groups excluding carboxylic acids is 1. The molecule has 116 valence electrons. The van der Waals surface area contributed by atoms with Gasteiger partial charge in [0.05, 0.1) is 17.8 Å². The standard InChI is InChI=1S/C17H18ClFN2O/c1-12-3-8-16(15(18)9-12)20-17(22)11-21(2)10-13-4-6-14(19)7-5-13/h3-9H,10-11H2,1-2H3,(H,20,22)/p+1. The maximum Gasteiger partial charge on any atom is 0.279 e. The number of hydrogen-bond donors (Lipinski definition) is 2. The van der Waals surface area contributed by atoms with Gasteiger partial charge < -0.3 is 10.2 Å². The van der Waals surface area contributed by atoms with Crippen molar-refractivity contribution in [1.29, 1.82) is 0 Å². The number of carbonyl (C=O) groups is 1. The number of halogens is 2. The molecule has 0 aliphatic heterocycles. The molecular weight excluding hydrogens is 303 g/mol. The third-order valence-corrected chi connectivity index (χ3v) is 3.59. The highest BCUT2D eigenvalue weighted by Gasteiger charge is 2.12. The van der Waals surface area contributed by atoms with Crippen molar-refractivity contribution in [2.24, 2.45) is 0 Å². The van der Waals surface area contributed by atoms with Crippen molar-refractivity contribution >= 4 is 23.2 Å². The number of rotatable bonds is 5. The zero-order valence-electron chi connectivity index (χ0n) is 12.6. The van der Waals surface area contributed by atoms with Crippen molar-refractivity contribution in [3.8, 4) is 0 Å². The summed E-state index contributed by atoms with van der Waals surface area (Å²) in [6, 6.07) is 11.8. The summed E-state index contributed by atoms with van der Waals surface area (Å²) in [6.07, 6.45) is 0. The summed E-state index contributed by atoms with van der Waals surface area (Å²) < 4.78 is 12.9. The SMILES string of the molecule is Cc1ccc(NC(=O)C[NH+](C)Cc2ccc(F)cc2)c(Cl)c1. The van der Waals surface area contributed by atoms with Gasteiger partial charge in [-0.2, -0.15) is 0 Å². The van der Waals surface area contributed by atoms with E-state index in [0.717, 1.165) is 16.0 Å². The van der Waals surface area contributed by atoms with Gasteiger partial charge >= 0.3 is 0 Å².